The molecule has 4 nitrogen and oxygen atoms in total. The van der Waals surface area contributed by atoms with Crippen molar-refractivity contribution in [2.45, 2.75) is 37.8 Å². The first-order valence-corrected chi connectivity index (χ1v) is 7.75. The Hall–Kier alpha value is -1.57. The third-order valence-electron chi connectivity index (χ3n) is 4.57. The van der Waals surface area contributed by atoms with E-state index >= 15 is 0 Å². The van der Waals surface area contributed by atoms with Crippen LogP contribution >= 0.6 is 12.4 Å². The first-order chi connectivity index (χ1) is 10.3. The molecule has 0 aromatic heterocycles. The van der Waals surface area contributed by atoms with Gasteiger partial charge in [-0.1, -0.05) is 30.3 Å². The van der Waals surface area contributed by atoms with E-state index in [-0.39, 0.29) is 30.4 Å². The van der Waals surface area contributed by atoms with Gasteiger partial charge in [0.1, 0.15) is 6.04 Å². The minimum Gasteiger partial charge on any atom is -0.325 e. The number of likely N-dealkylation sites (tertiary alicyclic amines) is 1. The number of hydrogen-bond donors (Lipinski definition) is 1. The summed E-state index contributed by atoms with van der Waals surface area (Å²) in [7, 11) is 0. The van der Waals surface area contributed by atoms with Crippen molar-refractivity contribution in [1.29, 1.82) is 5.26 Å². The fourth-order valence-electron chi connectivity index (χ4n) is 3.46. The maximum Gasteiger partial charge on any atom is 0.240 e. The van der Waals surface area contributed by atoms with Gasteiger partial charge in [0.05, 0.1) is 12.1 Å². The van der Waals surface area contributed by atoms with E-state index in [9.17, 15) is 4.79 Å². The number of carbonyl (C=O) groups excluding carboxylic acids is 1. The van der Waals surface area contributed by atoms with Crippen molar-refractivity contribution in [2.24, 2.45) is 5.92 Å². The number of carbonyl (C=O) groups is 1. The fraction of sp³-hybridized carbons (Fsp3) is 0.529. The molecule has 0 radical (unpaired) electrons. The molecular formula is C17H22ClN3O. The number of nitrogens with zero attached hydrogens (tertiary/aromatic N) is 2. The van der Waals surface area contributed by atoms with Crippen LogP contribution in [0.4, 0.5) is 0 Å². The second-order valence-electron chi connectivity index (χ2n) is 6.07. The van der Waals surface area contributed by atoms with Crippen LogP contribution < -0.4 is 5.32 Å². The van der Waals surface area contributed by atoms with E-state index in [0.717, 1.165) is 38.8 Å². The lowest BCUT2D eigenvalue weighted by Crippen LogP contribution is -2.45. The highest BCUT2D eigenvalue weighted by Gasteiger charge is 2.36. The summed E-state index contributed by atoms with van der Waals surface area (Å²) in [5.74, 6) is 0.624. The van der Waals surface area contributed by atoms with Crippen molar-refractivity contribution in [3.63, 3.8) is 0 Å². The van der Waals surface area contributed by atoms with Gasteiger partial charge < -0.3 is 10.2 Å². The molecule has 0 saturated carbocycles. The van der Waals surface area contributed by atoms with Crippen LogP contribution in [0.1, 0.15) is 24.8 Å². The quantitative estimate of drug-likeness (QED) is 0.928. The molecule has 2 aliphatic heterocycles. The van der Waals surface area contributed by atoms with Crippen LogP contribution in [0.15, 0.2) is 30.3 Å². The minimum atomic E-state index is -0.215. The van der Waals surface area contributed by atoms with Crippen LogP contribution in [-0.4, -0.2) is 36.0 Å². The lowest BCUT2D eigenvalue weighted by molar-refractivity contribution is -0.133. The number of hydrogen-bond acceptors (Lipinski definition) is 3. The summed E-state index contributed by atoms with van der Waals surface area (Å²) in [6, 6.07) is 12.3. The molecule has 0 unspecified atom stereocenters. The van der Waals surface area contributed by atoms with Crippen molar-refractivity contribution < 1.29 is 4.79 Å². The second-order valence-corrected chi connectivity index (χ2v) is 6.07. The average Bonchev–Trinajstić information content (AvgIpc) is 3.16. The Morgan fingerprint density at radius 1 is 1.36 bits per heavy atom. The Kier molecular flexibility index (Phi) is 5.82. The highest BCUT2D eigenvalue weighted by atomic mass is 35.5. The minimum absolute atomic E-state index is 0. The first-order valence-electron chi connectivity index (χ1n) is 7.75. The predicted octanol–water partition coefficient (Wildman–Crippen LogP) is 2.14. The molecule has 22 heavy (non-hydrogen) atoms. The van der Waals surface area contributed by atoms with Gasteiger partial charge in [0, 0.05) is 6.54 Å². The fourth-order valence-corrected chi connectivity index (χ4v) is 3.46. The summed E-state index contributed by atoms with van der Waals surface area (Å²) < 4.78 is 0. The predicted molar refractivity (Wildman–Crippen MR) is 87.6 cm³/mol. The van der Waals surface area contributed by atoms with Crippen LogP contribution in [0.3, 0.4) is 0 Å². The highest BCUT2D eigenvalue weighted by molar-refractivity contribution is 5.85. The Bertz CT molecular complexity index is 543. The molecule has 0 spiro atoms. The molecule has 2 saturated heterocycles. The molecule has 5 heteroatoms. The zero-order valence-corrected chi connectivity index (χ0v) is 13.4. The number of amides is 1. The van der Waals surface area contributed by atoms with Crippen LogP contribution in [0, 0.1) is 17.2 Å². The maximum absolute atomic E-state index is 12.5. The normalized spacial score (nSPS) is 27.2. The Labute approximate surface area is 137 Å². The Morgan fingerprint density at radius 2 is 2.14 bits per heavy atom. The molecule has 118 valence electrons. The maximum atomic E-state index is 12.5. The molecular weight excluding hydrogens is 298 g/mol. The van der Waals surface area contributed by atoms with E-state index in [2.05, 4.69) is 35.7 Å². The zero-order chi connectivity index (χ0) is 14.7. The van der Waals surface area contributed by atoms with E-state index in [4.69, 9.17) is 5.26 Å². The SMILES string of the molecule is Cl.N#C[C@@H]1CCCN1C(=O)[C@@H]1C[C@H](Cc2ccccc2)CN1. The van der Waals surface area contributed by atoms with Gasteiger partial charge in [-0.25, -0.2) is 0 Å². The third-order valence-corrected chi connectivity index (χ3v) is 4.57. The van der Waals surface area contributed by atoms with Crippen molar-refractivity contribution in [2.75, 3.05) is 13.1 Å². The van der Waals surface area contributed by atoms with Crippen molar-refractivity contribution in [3.8, 4) is 6.07 Å². The first kappa shape index (κ1) is 16.8. The van der Waals surface area contributed by atoms with Gasteiger partial charge >= 0.3 is 0 Å². The highest BCUT2D eigenvalue weighted by Crippen LogP contribution is 2.24. The van der Waals surface area contributed by atoms with Crippen molar-refractivity contribution >= 4 is 18.3 Å². The smallest absolute Gasteiger partial charge is 0.240 e. The van der Waals surface area contributed by atoms with Gasteiger partial charge in [-0.05, 0) is 43.7 Å². The van der Waals surface area contributed by atoms with Gasteiger partial charge in [0.15, 0.2) is 0 Å². The van der Waals surface area contributed by atoms with Crippen molar-refractivity contribution in [1.82, 2.24) is 10.2 Å². The Balaban J connectivity index is 0.00000176. The van der Waals surface area contributed by atoms with Crippen LogP contribution in [-0.2, 0) is 11.2 Å². The van der Waals surface area contributed by atoms with Gasteiger partial charge in [-0.3, -0.25) is 4.79 Å². The molecule has 2 fully saturated rings. The monoisotopic (exact) mass is 319 g/mol. The standard InChI is InChI=1S/C17H21N3O.ClH/c18-11-15-7-4-8-20(15)17(21)16-10-14(12-19-16)9-13-5-2-1-3-6-13;/h1-3,5-6,14-16,19H,4,7-10,12H2;1H/t14-,15-,16-;/m0./s1. The van der Waals surface area contributed by atoms with Gasteiger partial charge in [0.25, 0.3) is 0 Å². The van der Waals surface area contributed by atoms with Crippen LogP contribution in [0.5, 0.6) is 0 Å². The van der Waals surface area contributed by atoms with Gasteiger partial charge in [0.2, 0.25) is 5.91 Å². The van der Waals surface area contributed by atoms with Crippen molar-refractivity contribution in [3.05, 3.63) is 35.9 Å². The summed E-state index contributed by atoms with van der Waals surface area (Å²) in [6.07, 6.45) is 3.66. The van der Waals surface area contributed by atoms with Gasteiger partial charge in [-0.15, -0.1) is 12.4 Å². The number of benzene rings is 1. The topological polar surface area (TPSA) is 56.1 Å². The zero-order valence-electron chi connectivity index (χ0n) is 12.6. The Morgan fingerprint density at radius 3 is 2.86 bits per heavy atom. The largest absolute Gasteiger partial charge is 0.325 e. The number of nitriles is 1. The molecule has 3 atom stereocenters. The summed E-state index contributed by atoms with van der Waals surface area (Å²) in [6.45, 7) is 1.62. The summed E-state index contributed by atoms with van der Waals surface area (Å²) in [4.78, 5) is 14.3. The molecule has 0 aliphatic carbocycles. The molecule has 1 aromatic carbocycles. The van der Waals surface area contributed by atoms with E-state index in [1.54, 1.807) is 4.90 Å². The van der Waals surface area contributed by atoms with Gasteiger partial charge in [-0.2, -0.15) is 5.26 Å². The number of rotatable bonds is 3. The molecule has 2 heterocycles. The van der Waals surface area contributed by atoms with E-state index in [0.29, 0.717) is 5.92 Å². The number of nitrogens with one attached hydrogen (secondary N) is 1. The average molecular weight is 320 g/mol. The van der Waals surface area contributed by atoms with Crippen LogP contribution in [0.25, 0.3) is 0 Å². The van der Waals surface area contributed by atoms with E-state index in [1.165, 1.54) is 5.56 Å². The lowest BCUT2D eigenvalue weighted by Gasteiger charge is -2.23. The summed E-state index contributed by atoms with van der Waals surface area (Å²) in [5, 5.41) is 12.5. The molecule has 0 bridgehead atoms. The second kappa shape index (κ2) is 7.62. The molecule has 2 aliphatic rings. The molecule has 3 rings (SSSR count). The summed E-state index contributed by atoms with van der Waals surface area (Å²) in [5.41, 5.74) is 1.33. The molecule has 1 amide bonds. The van der Waals surface area contributed by atoms with E-state index in [1.807, 2.05) is 6.07 Å². The summed E-state index contributed by atoms with van der Waals surface area (Å²) >= 11 is 0. The number of halogens is 1. The van der Waals surface area contributed by atoms with E-state index < -0.39 is 0 Å². The molecule has 1 N–H and O–H groups in total. The third kappa shape index (κ3) is 3.60. The molecule has 1 aromatic rings. The lowest BCUT2D eigenvalue weighted by atomic mass is 9.96. The van der Waals surface area contributed by atoms with Crippen LogP contribution in [0.2, 0.25) is 0 Å².